The molecule has 5 heteroatoms. The number of carbonyl (C=O) groups excluding carboxylic acids is 2. The average Bonchev–Trinajstić information content (AvgIpc) is 2.48. The van der Waals surface area contributed by atoms with Gasteiger partial charge in [-0.25, -0.2) is 4.98 Å². The van der Waals surface area contributed by atoms with E-state index in [0.29, 0.717) is 5.56 Å². The number of anilines is 1. The van der Waals surface area contributed by atoms with Crippen LogP contribution in [0.5, 0.6) is 5.75 Å². The Balaban J connectivity index is 2.14. The Hall–Kier alpha value is -2.69. The summed E-state index contributed by atoms with van der Waals surface area (Å²) in [7, 11) is 0. The van der Waals surface area contributed by atoms with Crippen molar-refractivity contribution >= 4 is 17.5 Å². The summed E-state index contributed by atoms with van der Waals surface area (Å²) in [5, 5.41) is 11.9. The standard InChI is InChI=1S/C17H18N2O3/c1-17(2,3)12-8-6-11(7-9-12)14(21)16(22)19-15-13(20)5-4-10-18-15/h4-10,20H,1-3H3,(H,18,19,22). The number of carbonyl (C=O) groups is 2. The van der Waals surface area contributed by atoms with Crippen LogP contribution in [0.3, 0.4) is 0 Å². The number of hydrogen-bond acceptors (Lipinski definition) is 4. The van der Waals surface area contributed by atoms with Crippen LogP contribution in [-0.4, -0.2) is 21.8 Å². The Labute approximate surface area is 129 Å². The molecule has 0 saturated heterocycles. The molecule has 1 amide bonds. The number of hydrogen-bond donors (Lipinski definition) is 2. The first-order valence-electron chi connectivity index (χ1n) is 6.89. The molecule has 0 aliphatic carbocycles. The maximum absolute atomic E-state index is 12.1. The zero-order valence-corrected chi connectivity index (χ0v) is 12.8. The molecular formula is C17H18N2O3. The fourth-order valence-electron chi connectivity index (χ4n) is 1.91. The van der Waals surface area contributed by atoms with Crippen LogP contribution in [0.2, 0.25) is 0 Å². The molecule has 0 aliphatic heterocycles. The molecule has 1 aromatic heterocycles. The number of rotatable bonds is 3. The number of amides is 1. The number of nitrogens with one attached hydrogen (secondary N) is 1. The quantitative estimate of drug-likeness (QED) is 0.674. The fourth-order valence-corrected chi connectivity index (χ4v) is 1.91. The summed E-state index contributed by atoms with van der Waals surface area (Å²) in [5.74, 6) is -1.73. The van der Waals surface area contributed by atoms with E-state index < -0.39 is 11.7 Å². The number of ketones is 1. The third-order valence-electron chi connectivity index (χ3n) is 3.24. The normalized spacial score (nSPS) is 11.0. The first-order chi connectivity index (χ1) is 10.3. The van der Waals surface area contributed by atoms with Crippen LogP contribution in [0, 0.1) is 0 Å². The molecule has 1 aromatic carbocycles. The van der Waals surface area contributed by atoms with E-state index in [-0.39, 0.29) is 17.0 Å². The molecule has 2 N–H and O–H groups in total. The van der Waals surface area contributed by atoms with Crippen LogP contribution in [-0.2, 0) is 10.2 Å². The van der Waals surface area contributed by atoms with Gasteiger partial charge in [0.25, 0.3) is 11.7 Å². The van der Waals surface area contributed by atoms with Gasteiger partial charge in [-0.3, -0.25) is 9.59 Å². The summed E-state index contributed by atoms with van der Waals surface area (Å²) in [6.07, 6.45) is 1.41. The van der Waals surface area contributed by atoms with Crippen LogP contribution in [0.1, 0.15) is 36.7 Å². The van der Waals surface area contributed by atoms with E-state index in [1.165, 1.54) is 18.3 Å². The van der Waals surface area contributed by atoms with Gasteiger partial charge in [0.1, 0.15) is 0 Å². The van der Waals surface area contributed by atoms with Crippen LogP contribution in [0.15, 0.2) is 42.6 Å². The SMILES string of the molecule is CC(C)(C)c1ccc(C(=O)C(=O)Nc2ncccc2O)cc1. The number of Topliss-reactive ketones (excluding diaryl/α,β-unsaturated/α-hetero) is 1. The Morgan fingerprint density at radius 2 is 1.73 bits per heavy atom. The second-order valence-electron chi connectivity index (χ2n) is 5.98. The average molecular weight is 298 g/mol. The third kappa shape index (κ3) is 3.49. The second kappa shape index (κ2) is 5.97. The van der Waals surface area contributed by atoms with Crippen molar-refractivity contribution in [3.63, 3.8) is 0 Å². The van der Waals surface area contributed by atoms with Crippen molar-refractivity contribution in [2.45, 2.75) is 26.2 Å². The topological polar surface area (TPSA) is 79.3 Å². The molecule has 2 rings (SSSR count). The van der Waals surface area contributed by atoms with Gasteiger partial charge < -0.3 is 10.4 Å². The largest absolute Gasteiger partial charge is 0.504 e. The van der Waals surface area contributed by atoms with E-state index in [1.807, 2.05) is 12.1 Å². The van der Waals surface area contributed by atoms with Crippen molar-refractivity contribution in [3.8, 4) is 5.75 Å². The molecule has 5 nitrogen and oxygen atoms in total. The summed E-state index contributed by atoms with van der Waals surface area (Å²) in [4.78, 5) is 27.8. The monoisotopic (exact) mass is 298 g/mol. The van der Waals surface area contributed by atoms with E-state index in [4.69, 9.17) is 0 Å². The van der Waals surface area contributed by atoms with Gasteiger partial charge in [0.15, 0.2) is 11.6 Å². The number of benzene rings is 1. The summed E-state index contributed by atoms with van der Waals surface area (Å²) >= 11 is 0. The van der Waals surface area contributed by atoms with Gasteiger partial charge in [0.05, 0.1) is 0 Å². The Bertz CT molecular complexity index is 701. The molecule has 0 spiro atoms. The van der Waals surface area contributed by atoms with Crippen LogP contribution in [0.4, 0.5) is 5.82 Å². The molecule has 0 atom stereocenters. The first kappa shape index (κ1) is 15.7. The van der Waals surface area contributed by atoms with Crippen LogP contribution < -0.4 is 5.32 Å². The van der Waals surface area contributed by atoms with Gasteiger partial charge in [-0.15, -0.1) is 0 Å². The summed E-state index contributed by atoms with van der Waals surface area (Å²) in [5.41, 5.74) is 1.34. The minimum absolute atomic E-state index is 0.0242. The number of nitrogens with zero attached hydrogens (tertiary/aromatic N) is 1. The number of aromatic hydroxyl groups is 1. The Kier molecular flexibility index (Phi) is 4.26. The lowest BCUT2D eigenvalue weighted by molar-refractivity contribution is -0.112. The maximum Gasteiger partial charge on any atom is 0.298 e. The van der Waals surface area contributed by atoms with Crippen molar-refractivity contribution in [3.05, 3.63) is 53.7 Å². The molecule has 114 valence electrons. The molecule has 0 radical (unpaired) electrons. The fraction of sp³-hybridized carbons (Fsp3) is 0.235. The molecule has 2 aromatic rings. The van der Waals surface area contributed by atoms with Gasteiger partial charge in [-0.1, -0.05) is 45.0 Å². The van der Waals surface area contributed by atoms with Gasteiger partial charge in [0, 0.05) is 11.8 Å². The van der Waals surface area contributed by atoms with Crippen molar-refractivity contribution in [2.75, 3.05) is 5.32 Å². The van der Waals surface area contributed by atoms with Crippen LogP contribution >= 0.6 is 0 Å². The highest BCUT2D eigenvalue weighted by Gasteiger charge is 2.19. The van der Waals surface area contributed by atoms with Gasteiger partial charge in [-0.05, 0) is 23.1 Å². The molecule has 0 saturated carbocycles. The lowest BCUT2D eigenvalue weighted by atomic mass is 9.86. The van der Waals surface area contributed by atoms with Gasteiger partial charge in [0.2, 0.25) is 0 Å². The Morgan fingerprint density at radius 3 is 2.27 bits per heavy atom. The van der Waals surface area contributed by atoms with E-state index >= 15 is 0 Å². The molecule has 0 aliphatic rings. The highest BCUT2D eigenvalue weighted by Crippen LogP contribution is 2.23. The van der Waals surface area contributed by atoms with Crippen LogP contribution in [0.25, 0.3) is 0 Å². The minimum Gasteiger partial charge on any atom is -0.504 e. The predicted molar refractivity (Wildman–Crippen MR) is 84.0 cm³/mol. The number of pyridine rings is 1. The van der Waals surface area contributed by atoms with Gasteiger partial charge >= 0.3 is 0 Å². The molecule has 0 unspecified atom stereocenters. The Morgan fingerprint density at radius 1 is 1.09 bits per heavy atom. The predicted octanol–water partition coefficient (Wildman–Crippen LogP) is 2.91. The summed E-state index contributed by atoms with van der Waals surface area (Å²) < 4.78 is 0. The third-order valence-corrected chi connectivity index (χ3v) is 3.24. The molecule has 22 heavy (non-hydrogen) atoms. The van der Waals surface area contributed by atoms with E-state index in [2.05, 4.69) is 31.1 Å². The van der Waals surface area contributed by atoms with Crippen molar-refractivity contribution < 1.29 is 14.7 Å². The van der Waals surface area contributed by atoms with Crippen molar-refractivity contribution in [1.82, 2.24) is 4.98 Å². The second-order valence-corrected chi connectivity index (χ2v) is 5.98. The first-order valence-corrected chi connectivity index (χ1v) is 6.89. The highest BCUT2D eigenvalue weighted by molar-refractivity contribution is 6.46. The van der Waals surface area contributed by atoms with E-state index in [1.54, 1.807) is 12.1 Å². The zero-order valence-electron chi connectivity index (χ0n) is 12.8. The zero-order chi connectivity index (χ0) is 16.3. The van der Waals surface area contributed by atoms with E-state index in [0.717, 1.165) is 5.56 Å². The molecule has 0 fully saturated rings. The van der Waals surface area contributed by atoms with E-state index in [9.17, 15) is 14.7 Å². The summed E-state index contributed by atoms with van der Waals surface area (Å²) in [6, 6.07) is 9.82. The summed E-state index contributed by atoms with van der Waals surface area (Å²) in [6.45, 7) is 6.21. The maximum atomic E-state index is 12.1. The molecular weight excluding hydrogens is 280 g/mol. The molecule has 1 heterocycles. The lowest BCUT2D eigenvalue weighted by Gasteiger charge is -2.18. The van der Waals surface area contributed by atoms with Crippen molar-refractivity contribution in [1.29, 1.82) is 0 Å². The van der Waals surface area contributed by atoms with Crippen molar-refractivity contribution in [2.24, 2.45) is 0 Å². The van der Waals surface area contributed by atoms with Gasteiger partial charge in [-0.2, -0.15) is 0 Å². The highest BCUT2D eigenvalue weighted by atomic mass is 16.3. The lowest BCUT2D eigenvalue weighted by Crippen LogP contribution is -2.23. The number of aromatic nitrogens is 1. The minimum atomic E-state index is -0.836. The molecule has 0 bridgehead atoms. The smallest absolute Gasteiger partial charge is 0.298 e.